The predicted octanol–water partition coefficient (Wildman–Crippen LogP) is 3.61. The van der Waals surface area contributed by atoms with Gasteiger partial charge in [0, 0.05) is 0 Å². The van der Waals surface area contributed by atoms with Crippen molar-refractivity contribution < 1.29 is 35.5 Å². The van der Waals surface area contributed by atoms with Crippen LogP contribution in [-0.2, 0) is 4.79 Å². The lowest BCUT2D eigenvalue weighted by molar-refractivity contribution is -0.173. The molecule has 0 spiro atoms. The number of allylic oxidation sites excluding steroid dienone is 1. The molecule has 0 aromatic heterocycles. The number of hydrogen-bond donors (Lipinski definition) is 0. The van der Waals surface area contributed by atoms with Crippen molar-refractivity contribution in [2.75, 3.05) is 5.75 Å². The van der Waals surface area contributed by atoms with Crippen LogP contribution >= 0.6 is 11.8 Å². The van der Waals surface area contributed by atoms with E-state index in [4.69, 9.17) is 0 Å². The second kappa shape index (κ2) is 5.07. The van der Waals surface area contributed by atoms with Gasteiger partial charge in [0.15, 0.2) is 10.7 Å². The molecule has 0 aromatic rings. The zero-order valence-electron chi connectivity index (χ0n) is 7.67. The molecule has 1 nitrogen and oxygen atoms in total. The van der Waals surface area contributed by atoms with Crippen molar-refractivity contribution in [3.63, 3.8) is 0 Å². The summed E-state index contributed by atoms with van der Waals surface area (Å²) in [7, 11) is 0. The summed E-state index contributed by atoms with van der Waals surface area (Å²) in [6.07, 6.45) is -11.7. The van der Waals surface area contributed by atoms with Crippen molar-refractivity contribution >= 4 is 17.5 Å². The number of ketones is 1. The van der Waals surface area contributed by atoms with Gasteiger partial charge in [-0.05, 0) is 6.92 Å². The fourth-order valence-corrected chi connectivity index (χ4v) is 1.33. The van der Waals surface area contributed by atoms with Gasteiger partial charge in [0.1, 0.15) is 5.78 Å². The highest BCUT2D eigenvalue weighted by atomic mass is 32.2. The molecule has 0 atom stereocenters. The first-order valence-electron chi connectivity index (χ1n) is 3.62. The summed E-state index contributed by atoms with van der Waals surface area (Å²) < 4.78 is 83.9. The Bertz CT molecular complexity index is 285. The van der Waals surface area contributed by atoms with E-state index in [2.05, 4.69) is 0 Å². The van der Waals surface area contributed by atoms with Gasteiger partial charge in [-0.2, -0.15) is 30.7 Å². The molecule has 94 valence electrons. The highest BCUT2D eigenvalue weighted by Crippen LogP contribution is 2.43. The maximum absolute atomic E-state index is 12.7. The normalized spacial score (nSPS) is 12.5. The van der Waals surface area contributed by atoms with Crippen molar-refractivity contribution in [2.45, 2.75) is 19.3 Å². The summed E-state index contributed by atoms with van der Waals surface area (Å²) in [6.45, 7) is 0.918. The molecule has 0 aliphatic heterocycles. The van der Waals surface area contributed by atoms with E-state index in [-0.39, 0.29) is 0 Å². The third-order valence-electron chi connectivity index (χ3n) is 1.17. The number of Topliss-reactive ketones (excluding diaryl/α,β-unsaturated/α-hetero) is 1. The topological polar surface area (TPSA) is 17.1 Å². The van der Waals surface area contributed by atoms with E-state index >= 15 is 0 Å². The van der Waals surface area contributed by atoms with Crippen LogP contribution in [0.3, 0.4) is 0 Å². The molecule has 0 radical (unpaired) electrons. The summed E-state index contributed by atoms with van der Waals surface area (Å²) in [5.74, 6) is -1.52. The first kappa shape index (κ1) is 15.3. The number of hydrogen-bond acceptors (Lipinski definition) is 2. The number of carbonyl (C=O) groups excluding carboxylic acids is 1. The van der Waals surface area contributed by atoms with Crippen LogP contribution in [0.15, 0.2) is 10.7 Å². The van der Waals surface area contributed by atoms with E-state index in [1.54, 1.807) is 0 Å². The molecule has 16 heavy (non-hydrogen) atoms. The van der Waals surface area contributed by atoms with Crippen molar-refractivity contribution in [3.05, 3.63) is 10.7 Å². The summed E-state index contributed by atoms with van der Waals surface area (Å²) in [4.78, 5) is 10.3. The van der Waals surface area contributed by atoms with E-state index < -0.39 is 46.4 Å². The average molecular weight is 270 g/mol. The lowest BCUT2D eigenvalue weighted by Gasteiger charge is -2.15. The van der Waals surface area contributed by atoms with Gasteiger partial charge in [-0.3, -0.25) is 4.79 Å². The number of thioether (sulfide) groups is 1. The Hall–Kier alpha value is -0.730. The van der Waals surface area contributed by atoms with Gasteiger partial charge in [-0.25, -0.2) is 0 Å². The summed E-state index contributed by atoms with van der Waals surface area (Å²) in [6, 6.07) is 0. The zero-order valence-corrected chi connectivity index (χ0v) is 8.49. The molecule has 0 aliphatic rings. The van der Waals surface area contributed by atoms with Gasteiger partial charge in [-0.15, -0.1) is 0 Å². The SMILES string of the molecule is CC(=O)CSC(F)=C(C(F)(F)F)C(F)(F)F. The van der Waals surface area contributed by atoms with Gasteiger partial charge in [0.2, 0.25) is 0 Å². The minimum absolute atomic E-state index is 0.430. The Labute approximate surface area is 89.7 Å². The molecule has 0 rings (SSSR count). The minimum atomic E-state index is -5.84. The lowest BCUT2D eigenvalue weighted by Crippen LogP contribution is -2.27. The van der Waals surface area contributed by atoms with Crippen molar-refractivity contribution in [1.29, 1.82) is 0 Å². The highest BCUT2D eigenvalue weighted by Gasteiger charge is 2.53. The molecule has 0 unspecified atom stereocenters. The molecule has 0 aliphatic carbocycles. The Morgan fingerprint density at radius 3 is 1.69 bits per heavy atom. The molecule has 0 fully saturated rings. The molecule has 0 saturated carbocycles. The van der Waals surface area contributed by atoms with Crippen LogP contribution in [0.4, 0.5) is 30.7 Å². The Morgan fingerprint density at radius 2 is 1.44 bits per heavy atom. The van der Waals surface area contributed by atoms with Gasteiger partial charge >= 0.3 is 12.4 Å². The molecule has 0 saturated heterocycles. The number of halogens is 7. The Morgan fingerprint density at radius 1 is 1.06 bits per heavy atom. The fourth-order valence-electron chi connectivity index (χ4n) is 0.621. The minimum Gasteiger partial charge on any atom is -0.299 e. The van der Waals surface area contributed by atoms with Crippen LogP contribution in [0.2, 0.25) is 0 Å². The van der Waals surface area contributed by atoms with Crippen molar-refractivity contribution in [2.24, 2.45) is 0 Å². The molecule has 9 heteroatoms. The fraction of sp³-hybridized carbons (Fsp3) is 0.571. The van der Waals surface area contributed by atoms with Crippen molar-refractivity contribution in [3.8, 4) is 0 Å². The van der Waals surface area contributed by atoms with Gasteiger partial charge in [-0.1, -0.05) is 11.8 Å². The van der Waals surface area contributed by atoms with E-state index in [1.807, 2.05) is 0 Å². The molecule has 0 amide bonds. The largest absolute Gasteiger partial charge is 0.424 e. The van der Waals surface area contributed by atoms with Gasteiger partial charge in [0.25, 0.3) is 0 Å². The standard InChI is InChI=1S/C7H5F7OS/c1-3(15)2-16-5(8)4(6(9,10)11)7(12,13)14/h2H2,1H3. The molecular weight excluding hydrogens is 265 g/mol. The third kappa shape index (κ3) is 4.86. The third-order valence-corrected chi connectivity index (χ3v) is 2.17. The quantitative estimate of drug-likeness (QED) is 0.729. The smallest absolute Gasteiger partial charge is 0.299 e. The molecule has 0 N–H and O–H groups in total. The second-order valence-corrected chi connectivity index (χ2v) is 3.57. The van der Waals surface area contributed by atoms with Crippen LogP contribution in [0.25, 0.3) is 0 Å². The first-order valence-corrected chi connectivity index (χ1v) is 4.61. The monoisotopic (exact) mass is 270 g/mol. The lowest BCUT2D eigenvalue weighted by atomic mass is 10.3. The Kier molecular flexibility index (Phi) is 4.84. The first-order chi connectivity index (χ1) is 6.96. The maximum Gasteiger partial charge on any atom is 0.424 e. The second-order valence-electron chi connectivity index (χ2n) is 2.63. The van der Waals surface area contributed by atoms with Crippen molar-refractivity contribution in [1.82, 2.24) is 0 Å². The predicted molar refractivity (Wildman–Crippen MR) is 43.4 cm³/mol. The molecule has 0 bridgehead atoms. The number of alkyl halides is 6. The zero-order chi connectivity index (χ0) is 13.1. The van der Waals surface area contributed by atoms with Crippen LogP contribution < -0.4 is 0 Å². The van der Waals surface area contributed by atoms with E-state index in [1.165, 1.54) is 0 Å². The summed E-state index contributed by atoms with van der Waals surface area (Å²) >= 11 is -0.430. The van der Waals surface area contributed by atoms with Crippen LogP contribution in [0.1, 0.15) is 6.92 Å². The highest BCUT2D eigenvalue weighted by molar-refractivity contribution is 8.03. The van der Waals surface area contributed by atoms with Crippen LogP contribution in [0, 0.1) is 0 Å². The maximum atomic E-state index is 12.7. The van der Waals surface area contributed by atoms with Crippen LogP contribution in [0.5, 0.6) is 0 Å². The molecule has 0 aromatic carbocycles. The van der Waals surface area contributed by atoms with E-state index in [0.29, 0.717) is 0 Å². The van der Waals surface area contributed by atoms with Gasteiger partial charge < -0.3 is 0 Å². The van der Waals surface area contributed by atoms with E-state index in [0.717, 1.165) is 6.92 Å². The van der Waals surface area contributed by atoms with Gasteiger partial charge in [0.05, 0.1) is 5.75 Å². The molecular formula is C7H5F7OS. The Balaban J connectivity index is 5.16. The average Bonchev–Trinajstić information content (AvgIpc) is 1.94. The van der Waals surface area contributed by atoms with E-state index in [9.17, 15) is 35.5 Å². The molecule has 0 heterocycles. The summed E-state index contributed by atoms with van der Waals surface area (Å²) in [5.41, 5.74) is -3.22. The summed E-state index contributed by atoms with van der Waals surface area (Å²) in [5, 5.41) is -2.45. The van der Waals surface area contributed by atoms with Crippen LogP contribution in [-0.4, -0.2) is 23.9 Å². The number of rotatable bonds is 3. The number of carbonyl (C=O) groups is 1.